The Morgan fingerprint density at radius 1 is 1.12 bits per heavy atom. The average molecular weight is 569 g/mol. The maximum Gasteiger partial charge on any atom is 0.416 e. The second kappa shape index (κ2) is 12.7. The van der Waals surface area contributed by atoms with Crippen LogP contribution in [0.1, 0.15) is 66.5 Å². The molecular formula is C30H35F3N6O2. The van der Waals surface area contributed by atoms with Crippen molar-refractivity contribution in [1.29, 1.82) is 0 Å². The zero-order valence-electron chi connectivity index (χ0n) is 23.4. The van der Waals surface area contributed by atoms with Crippen LogP contribution in [0.5, 0.6) is 0 Å². The first-order valence-corrected chi connectivity index (χ1v) is 13.5. The van der Waals surface area contributed by atoms with Crippen LogP contribution in [0.2, 0.25) is 0 Å². The van der Waals surface area contributed by atoms with Crippen molar-refractivity contribution in [3.8, 4) is 0 Å². The number of alkyl halides is 3. The van der Waals surface area contributed by atoms with Crippen LogP contribution in [-0.2, 0) is 12.7 Å². The molecule has 1 saturated carbocycles. The second-order valence-electron chi connectivity index (χ2n) is 10.5. The van der Waals surface area contributed by atoms with Crippen molar-refractivity contribution in [2.45, 2.75) is 57.9 Å². The first-order chi connectivity index (χ1) is 19.5. The summed E-state index contributed by atoms with van der Waals surface area (Å²) in [5.41, 5.74) is 1.40. The van der Waals surface area contributed by atoms with E-state index in [0.717, 1.165) is 37.0 Å². The maximum absolute atomic E-state index is 13.2. The van der Waals surface area contributed by atoms with Crippen LogP contribution in [-0.4, -0.2) is 52.4 Å². The lowest BCUT2D eigenvalue weighted by Crippen LogP contribution is -2.38. The van der Waals surface area contributed by atoms with E-state index in [2.05, 4.69) is 38.8 Å². The van der Waals surface area contributed by atoms with Gasteiger partial charge < -0.3 is 15.3 Å². The molecule has 2 N–H and O–H groups in total. The van der Waals surface area contributed by atoms with Crippen molar-refractivity contribution in [3.05, 3.63) is 77.1 Å². The Kier molecular flexibility index (Phi) is 9.27. The van der Waals surface area contributed by atoms with E-state index < -0.39 is 23.5 Å². The number of anilines is 2. The Morgan fingerprint density at radius 3 is 2.32 bits per heavy atom. The van der Waals surface area contributed by atoms with Crippen LogP contribution in [0.25, 0.3) is 0 Å². The molecule has 3 aromatic rings. The van der Waals surface area contributed by atoms with Crippen LogP contribution in [0.4, 0.5) is 30.5 Å². The highest BCUT2D eigenvalue weighted by Gasteiger charge is 2.31. The average Bonchev–Trinajstić information content (AvgIpc) is 2.91. The number of aromatic nitrogens is 2. The SMILES string of the molecule is C=Nc1nc(C(=O)O)nc(N[C@H](C)C2CCC2)c1N(Cc1ccc(C(F)(F)F)cc1)CN(C)[C@@H](C)c1ccccc1. The third kappa shape index (κ3) is 7.21. The number of carboxylic acid groups (broad SMARTS) is 1. The third-order valence-electron chi connectivity index (χ3n) is 7.74. The van der Waals surface area contributed by atoms with E-state index in [1.807, 2.05) is 49.2 Å². The fourth-order valence-corrected chi connectivity index (χ4v) is 4.91. The monoisotopic (exact) mass is 568 g/mol. The van der Waals surface area contributed by atoms with Crippen LogP contribution < -0.4 is 10.2 Å². The zero-order valence-corrected chi connectivity index (χ0v) is 23.4. The van der Waals surface area contributed by atoms with Gasteiger partial charge in [0.1, 0.15) is 5.69 Å². The quantitative estimate of drug-likeness (QED) is 0.184. The normalized spacial score (nSPS) is 15.2. The number of carbonyl (C=O) groups is 1. The molecule has 0 saturated heterocycles. The molecule has 1 aromatic heterocycles. The molecule has 0 unspecified atom stereocenters. The van der Waals surface area contributed by atoms with Crippen molar-refractivity contribution >= 4 is 30.0 Å². The smallest absolute Gasteiger partial charge is 0.416 e. The van der Waals surface area contributed by atoms with Crippen molar-refractivity contribution < 1.29 is 23.1 Å². The Labute approximate surface area is 238 Å². The first-order valence-electron chi connectivity index (χ1n) is 13.5. The van der Waals surface area contributed by atoms with E-state index in [0.29, 0.717) is 29.7 Å². The fourth-order valence-electron chi connectivity index (χ4n) is 4.91. The number of aromatic carboxylic acids is 1. The Morgan fingerprint density at radius 2 is 1.78 bits per heavy atom. The number of hydrogen-bond donors (Lipinski definition) is 2. The highest BCUT2D eigenvalue weighted by molar-refractivity contribution is 5.87. The van der Waals surface area contributed by atoms with E-state index in [9.17, 15) is 23.1 Å². The van der Waals surface area contributed by atoms with Crippen LogP contribution >= 0.6 is 0 Å². The van der Waals surface area contributed by atoms with Gasteiger partial charge in [0.2, 0.25) is 5.82 Å². The molecule has 2 aromatic carbocycles. The van der Waals surface area contributed by atoms with Gasteiger partial charge in [0.15, 0.2) is 11.6 Å². The van der Waals surface area contributed by atoms with E-state index in [-0.39, 0.29) is 24.4 Å². The molecule has 0 radical (unpaired) electrons. The molecule has 0 bridgehead atoms. The highest BCUT2D eigenvalue weighted by Crippen LogP contribution is 2.38. The zero-order chi connectivity index (χ0) is 29.7. The van der Waals surface area contributed by atoms with Crippen molar-refractivity contribution in [1.82, 2.24) is 14.9 Å². The number of benzene rings is 2. The van der Waals surface area contributed by atoms with Gasteiger partial charge in [-0.3, -0.25) is 4.90 Å². The molecule has 11 heteroatoms. The molecule has 2 atom stereocenters. The number of aliphatic imine (C=N–C) groups is 1. The molecule has 1 aliphatic rings. The molecule has 0 aliphatic heterocycles. The number of nitrogens with one attached hydrogen (secondary N) is 1. The summed E-state index contributed by atoms with van der Waals surface area (Å²) in [4.78, 5) is 28.5. The largest absolute Gasteiger partial charge is 0.475 e. The lowest BCUT2D eigenvalue weighted by Gasteiger charge is -2.36. The Balaban J connectivity index is 1.77. The number of hydrogen-bond acceptors (Lipinski definition) is 7. The van der Waals surface area contributed by atoms with Crippen LogP contribution in [0.15, 0.2) is 59.6 Å². The van der Waals surface area contributed by atoms with E-state index in [1.165, 1.54) is 12.1 Å². The topological polar surface area (TPSA) is 93.9 Å². The highest BCUT2D eigenvalue weighted by atomic mass is 19.4. The van der Waals surface area contributed by atoms with Gasteiger partial charge in [-0.25, -0.2) is 19.8 Å². The van der Waals surface area contributed by atoms with Gasteiger partial charge in [-0.15, -0.1) is 0 Å². The molecule has 0 amide bonds. The predicted octanol–water partition coefficient (Wildman–Crippen LogP) is 6.78. The van der Waals surface area contributed by atoms with Gasteiger partial charge in [0.05, 0.1) is 12.2 Å². The number of nitrogens with zero attached hydrogens (tertiary/aromatic N) is 5. The Bertz CT molecular complexity index is 1350. The summed E-state index contributed by atoms with van der Waals surface area (Å²) >= 11 is 0. The summed E-state index contributed by atoms with van der Waals surface area (Å²) < 4.78 is 39.7. The standard InChI is InChI=1S/C30H35F3N6O2/c1-19(22-11-8-12-22)35-27-25(26(34-3)36-28(37-27)29(40)41)39(17-21-13-15-24(16-14-21)30(31,32)33)18-38(4)20(2)23-9-6-5-7-10-23/h5-7,9-10,13-16,19-20,22H,3,8,11-12,17-18H2,1-2,4H3,(H,40,41)(H,35,36,37)/t19-,20+/m1/s1. The van der Waals surface area contributed by atoms with Crippen LogP contribution in [0, 0.1) is 5.92 Å². The molecule has 1 fully saturated rings. The van der Waals surface area contributed by atoms with Gasteiger partial charge in [-0.05, 0) is 69.6 Å². The summed E-state index contributed by atoms with van der Waals surface area (Å²) in [6.07, 6.45) is -1.20. The first kappa shape index (κ1) is 30.0. The van der Waals surface area contributed by atoms with E-state index in [1.54, 1.807) is 0 Å². The van der Waals surface area contributed by atoms with Gasteiger partial charge in [0, 0.05) is 18.6 Å². The van der Waals surface area contributed by atoms with E-state index in [4.69, 9.17) is 0 Å². The van der Waals surface area contributed by atoms with Crippen molar-refractivity contribution in [2.75, 3.05) is 23.9 Å². The van der Waals surface area contributed by atoms with Crippen molar-refractivity contribution in [3.63, 3.8) is 0 Å². The Hall–Kier alpha value is -3.99. The molecule has 0 spiro atoms. The molecule has 1 aliphatic carbocycles. The number of carboxylic acids is 1. The maximum atomic E-state index is 13.2. The minimum atomic E-state index is -4.45. The third-order valence-corrected chi connectivity index (χ3v) is 7.74. The van der Waals surface area contributed by atoms with Crippen molar-refractivity contribution in [2.24, 2.45) is 10.9 Å². The second-order valence-corrected chi connectivity index (χ2v) is 10.5. The summed E-state index contributed by atoms with van der Waals surface area (Å²) in [7, 11) is 1.94. The van der Waals surface area contributed by atoms with Gasteiger partial charge >= 0.3 is 12.1 Å². The number of halogens is 3. The molecule has 41 heavy (non-hydrogen) atoms. The lowest BCUT2D eigenvalue weighted by atomic mass is 9.80. The fraction of sp³-hybridized carbons (Fsp3) is 0.400. The summed E-state index contributed by atoms with van der Waals surface area (Å²) in [5.74, 6) is -0.930. The molecule has 218 valence electrons. The summed E-state index contributed by atoms with van der Waals surface area (Å²) in [6, 6.07) is 14.9. The van der Waals surface area contributed by atoms with Gasteiger partial charge in [-0.1, -0.05) is 48.9 Å². The van der Waals surface area contributed by atoms with E-state index >= 15 is 0 Å². The number of rotatable bonds is 12. The molecule has 8 nitrogen and oxygen atoms in total. The molecule has 1 heterocycles. The van der Waals surface area contributed by atoms with Gasteiger partial charge in [-0.2, -0.15) is 13.2 Å². The summed E-state index contributed by atoms with van der Waals surface area (Å²) in [5, 5.41) is 13.1. The van der Waals surface area contributed by atoms with Crippen LogP contribution in [0.3, 0.4) is 0 Å². The predicted molar refractivity (Wildman–Crippen MR) is 154 cm³/mol. The molecular weight excluding hydrogens is 533 g/mol. The lowest BCUT2D eigenvalue weighted by molar-refractivity contribution is -0.137. The van der Waals surface area contributed by atoms with Gasteiger partial charge in [0.25, 0.3) is 0 Å². The molecule has 4 rings (SSSR count). The summed E-state index contributed by atoms with van der Waals surface area (Å²) in [6.45, 7) is 8.22. The minimum absolute atomic E-state index is 0.00519. The minimum Gasteiger partial charge on any atom is -0.475 e.